The standard InChI is InChI=1S/C23H31N3O3/c1-17-4-5-19(16-18(17)2)22(10-15-29-23(24)27)26-13-11-25(12-14-26)20-6-8-21(28-3)9-7-20/h4-9,16,22H,10-15H2,1-3H3,(H2,24,27). The lowest BCUT2D eigenvalue weighted by atomic mass is 9.97. The van der Waals surface area contributed by atoms with Gasteiger partial charge in [-0.25, -0.2) is 4.79 Å². The van der Waals surface area contributed by atoms with E-state index in [1.807, 2.05) is 12.1 Å². The molecule has 0 radical (unpaired) electrons. The molecule has 1 amide bonds. The quantitative estimate of drug-likeness (QED) is 0.772. The summed E-state index contributed by atoms with van der Waals surface area (Å²) >= 11 is 0. The van der Waals surface area contributed by atoms with Gasteiger partial charge in [0.2, 0.25) is 0 Å². The van der Waals surface area contributed by atoms with Crippen LogP contribution in [0.25, 0.3) is 0 Å². The van der Waals surface area contributed by atoms with E-state index in [0.29, 0.717) is 6.61 Å². The average Bonchev–Trinajstić information content (AvgIpc) is 2.73. The van der Waals surface area contributed by atoms with Gasteiger partial charge in [0.25, 0.3) is 0 Å². The molecule has 29 heavy (non-hydrogen) atoms. The fourth-order valence-electron chi connectivity index (χ4n) is 3.89. The smallest absolute Gasteiger partial charge is 0.404 e. The van der Waals surface area contributed by atoms with E-state index in [-0.39, 0.29) is 6.04 Å². The molecule has 2 aromatic carbocycles. The third-order valence-corrected chi connectivity index (χ3v) is 5.74. The molecule has 6 nitrogen and oxygen atoms in total. The average molecular weight is 398 g/mol. The molecule has 0 spiro atoms. The molecule has 1 aliphatic heterocycles. The number of piperazine rings is 1. The van der Waals surface area contributed by atoms with Gasteiger partial charge >= 0.3 is 6.09 Å². The van der Waals surface area contributed by atoms with E-state index in [9.17, 15) is 4.79 Å². The molecule has 2 N–H and O–H groups in total. The van der Waals surface area contributed by atoms with E-state index in [2.05, 4.69) is 54.0 Å². The number of nitrogens with two attached hydrogens (primary N) is 1. The van der Waals surface area contributed by atoms with Gasteiger partial charge in [0.15, 0.2) is 0 Å². The van der Waals surface area contributed by atoms with E-state index in [1.54, 1.807) is 7.11 Å². The van der Waals surface area contributed by atoms with Gasteiger partial charge in [-0.15, -0.1) is 0 Å². The summed E-state index contributed by atoms with van der Waals surface area (Å²) in [6.45, 7) is 8.37. The van der Waals surface area contributed by atoms with Crippen LogP contribution in [-0.2, 0) is 4.74 Å². The zero-order chi connectivity index (χ0) is 20.8. The van der Waals surface area contributed by atoms with E-state index >= 15 is 0 Å². The summed E-state index contributed by atoms with van der Waals surface area (Å²) in [6.07, 6.45) is 0.0155. The number of primary amides is 1. The molecule has 0 saturated carbocycles. The summed E-state index contributed by atoms with van der Waals surface area (Å²) in [6, 6.07) is 15.0. The number of carbonyl (C=O) groups excluding carboxylic acids is 1. The highest BCUT2D eigenvalue weighted by atomic mass is 16.5. The van der Waals surface area contributed by atoms with Crippen molar-refractivity contribution >= 4 is 11.8 Å². The molecule has 1 atom stereocenters. The first-order valence-electron chi connectivity index (χ1n) is 10.1. The number of ether oxygens (including phenoxy) is 2. The highest BCUT2D eigenvalue weighted by Crippen LogP contribution is 2.29. The maximum Gasteiger partial charge on any atom is 0.404 e. The molecule has 2 aromatic rings. The fraction of sp³-hybridized carbons (Fsp3) is 0.435. The maximum atomic E-state index is 11.0. The molecule has 156 valence electrons. The highest BCUT2D eigenvalue weighted by molar-refractivity contribution is 5.64. The summed E-state index contributed by atoms with van der Waals surface area (Å²) in [5.41, 5.74) is 10.2. The summed E-state index contributed by atoms with van der Waals surface area (Å²) in [5.74, 6) is 0.872. The van der Waals surface area contributed by atoms with Crippen molar-refractivity contribution in [3.05, 3.63) is 59.2 Å². The first kappa shape index (κ1) is 21.0. The largest absolute Gasteiger partial charge is 0.497 e. The molecule has 0 bridgehead atoms. The molecular formula is C23H31N3O3. The van der Waals surface area contributed by atoms with Gasteiger partial charge in [-0.1, -0.05) is 18.2 Å². The Morgan fingerprint density at radius 2 is 1.72 bits per heavy atom. The zero-order valence-corrected chi connectivity index (χ0v) is 17.6. The van der Waals surface area contributed by atoms with Gasteiger partial charge in [-0.3, -0.25) is 4.90 Å². The van der Waals surface area contributed by atoms with Crippen LogP contribution in [0.15, 0.2) is 42.5 Å². The molecule has 0 aromatic heterocycles. The number of hydrogen-bond acceptors (Lipinski definition) is 5. The van der Waals surface area contributed by atoms with Gasteiger partial charge in [0.05, 0.1) is 13.7 Å². The minimum atomic E-state index is -0.715. The van der Waals surface area contributed by atoms with Crippen LogP contribution < -0.4 is 15.4 Å². The Morgan fingerprint density at radius 3 is 2.31 bits per heavy atom. The molecule has 0 aliphatic carbocycles. The first-order chi connectivity index (χ1) is 14.0. The second-order valence-corrected chi connectivity index (χ2v) is 7.54. The second kappa shape index (κ2) is 9.65. The SMILES string of the molecule is COc1ccc(N2CCN(C(CCOC(N)=O)c3ccc(C)c(C)c3)CC2)cc1. The lowest BCUT2D eigenvalue weighted by Crippen LogP contribution is -2.48. The number of methoxy groups -OCH3 is 1. The van der Waals surface area contributed by atoms with Crippen LogP contribution in [-0.4, -0.2) is 50.9 Å². The Hall–Kier alpha value is -2.73. The Kier molecular flexibility index (Phi) is 6.99. The van der Waals surface area contributed by atoms with E-state index in [1.165, 1.54) is 22.4 Å². The Morgan fingerprint density at radius 1 is 1.03 bits per heavy atom. The van der Waals surface area contributed by atoms with Crippen LogP contribution in [0.2, 0.25) is 0 Å². The molecule has 3 rings (SSSR count). The predicted molar refractivity (Wildman–Crippen MR) is 116 cm³/mol. The van der Waals surface area contributed by atoms with Crippen LogP contribution in [0.1, 0.15) is 29.2 Å². The number of anilines is 1. The van der Waals surface area contributed by atoms with Crippen LogP contribution in [0, 0.1) is 13.8 Å². The van der Waals surface area contributed by atoms with Crippen LogP contribution >= 0.6 is 0 Å². The predicted octanol–water partition coefficient (Wildman–Crippen LogP) is 3.66. The Labute approximate surface area is 173 Å². The molecule has 1 aliphatic rings. The second-order valence-electron chi connectivity index (χ2n) is 7.54. The Balaban J connectivity index is 1.69. The van der Waals surface area contributed by atoms with E-state index in [0.717, 1.165) is 38.3 Å². The lowest BCUT2D eigenvalue weighted by molar-refractivity contribution is 0.122. The molecule has 1 saturated heterocycles. The summed E-state index contributed by atoms with van der Waals surface area (Å²) < 4.78 is 10.3. The van der Waals surface area contributed by atoms with Crippen LogP contribution in [0.3, 0.4) is 0 Å². The number of hydrogen-bond donors (Lipinski definition) is 1. The minimum absolute atomic E-state index is 0.201. The van der Waals surface area contributed by atoms with Crippen molar-refractivity contribution in [2.75, 3.05) is 44.8 Å². The van der Waals surface area contributed by atoms with E-state index in [4.69, 9.17) is 15.2 Å². The van der Waals surface area contributed by atoms with Crippen molar-refractivity contribution in [1.82, 2.24) is 4.90 Å². The zero-order valence-electron chi connectivity index (χ0n) is 17.6. The number of aryl methyl sites for hydroxylation is 2. The van der Waals surface area contributed by atoms with Gasteiger partial charge in [0.1, 0.15) is 5.75 Å². The normalized spacial score (nSPS) is 15.8. The number of amides is 1. The van der Waals surface area contributed by atoms with Crippen LogP contribution in [0.4, 0.5) is 10.5 Å². The molecule has 1 unspecified atom stereocenters. The van der Waals surface area contributed by atoms with Crippen molar-refractivity contribution in [2.24, 2.45) is 5.73 Å². The summed E-state index contributed by atoms with van der Waals surface area (Å²) in [7, 11) is 1.68. The van der Waals surface area contributed by atoms with Crippen LogP contribution in [0.5, 0.6) is 5.75 Å². The van der Waals surface area contributed by atoms with Crippen molar-refractivity contribution in [1.29, 1.82) is 0 Å². The maximum absolute atomic E-state index is 11.0. The van der Waals surface area contributed by atoms with Crippen molar-refractivity contribution < 1.29 is 14.3 Å². The van der Waals surface area contributed by atoms with E-state index < -0.39 is 6.09 Å². The monoisotopic (exact) mass is 397 g/mol. The molecule has 6 heteroatoms. The van der Waals surface area contributed by atoms with Gasteiger partial charge in [-0.2, -0.15) is 0 Å². The molecule has 1 heterocycles. The number of nitrogens with zero attached hydrogens (tertiary/aromatic N) is 2. The van der Waals surface area contributed by atoms with Gasteiger partial charge in [0, 0.05) is 44.3 Å². The number of rotatable bonds is 7. The van der Waals surface area contributed by atoms with Crippen molar-refractivity contribution in [2.45, 2.75) is 26.3 Å². The molecule has 1 fully saturated rings. The number of carbonyl (C=O) groups is 1. The number of benzene rings is 2. The molecular weight excluding hydrogens is 366 g/mol. The van der Waals surface area contributed by atoms with Crippen molar-refractivity contribution in [3.8, 4) is 5.75 Å². The van der Waals surface area contributed by atoms with Gasteiger partial charge < -0.3 is 20.1 Å². The van der Waals surface area contributed by atoms with Crippen molar-refractivity contribution in [3.63, 3.8) is 0 Å². The third kappa shape index (κ3) is 5.41. The summed E-state index contributed by atoms with van der Waals surface area (Å²) in [5, 5.41) is 0. The highest BCUT2D eigenvalue weighted by Gasteiger charge is 2.25. The Bertz CT molecular complexity index is 815. The minimum Gasteiger partial charge on any atom is -0.497 e. The van der Waals surface area contributed by atoms with Gasteiger partial charge in [-0.05, 0) is 54.8 Å². The fourth-order valence-corrected chi connectivity index (χ4v) is 3.89. The summed E-state index contributed by atoms with van der Waals surface area (Å²) in [4.78, 5) is 15.9. The lowest BCUT2D eigenvalue weighted by Gasteiger charge is -2.40. The first-order valence-corrected chi connectivity index (χ1v) is 10.1. The third-order valence-electron chi connectivity index (χ3n) is 5.74. The topological polar surface area (TPSA) is 68.0 Å².